The van der Waals surface area contributed by atoms with E-state index in [1.54, 1.807) is 0 Å². The molecular formula is C12H13Cl3N2O4S. The van der Waals surface area contributed by atoms with Crippen LogP contribution in [0.2, 0.25) is 0 Å². The summed E-state index contributed by atoms with van der Waals surface area (Å²) in [6.45, 7) is 4.71. The topological polar surface area (TPSA) is 75.7 Å². The summed E-state index contributed by atoms with van der Waals surface area (Å²) < 4.78 is 3.22. The molecule has 0 aromatic rings. The van der Waals surface area contributed by atoms with Gasteiger partial charge in [0.15, 0.2) is 6.04 Å². The van der Waals surface area contributed by atoms with Gasteiger partial charge in [-0.1, -0.05) is 41.4 Å². The zero-order valence-electron chi connectivity index (χ0n) is 11.5. The van der Waals surface area contributed by atoms with E-state index in [-0.39, 0.29) is 17.2 Å². The van der Waals surface area contributed by atoms with Gasteiger partial charge in [-0.15, -0.1) is 11.8 Å². The van der Waals surface area contributed by atoms with Crippen LogP contribution in [-0.2, 0) is 19.1 Å². The number of ether oxygens (including phenoxy) is 1. The van der Waals surface area contributed by atoms with Crippen LogP contribution in [0.5, 0.6) is 0 Å². The fourth-order valence-electron chi connectivity index (χ4n) is 2.27. The van der Waals surface area contributed by atoms with E-state index < -0.39 is 28.5 Å². The SMILES string of the molecule is C=C1CS[C@H]2[C@H](NC(C)=O)C(=O)N2C1C(=O)OCC(Cl)(Cl)Cl. The van der Waals surface area contributed by atoms with Gasteiger partial charge in [-0.3, -0.25) is 9.59 Å². The van der Waals surface area contributed by atoms with Crippen molar-refractivity contribution in [3.05, 3.63) is 12.2 Å². The fraction of sp³-hybridized carbons (Fsp3) is 0.583. The normalized spacial score (nSPS) is 27.8. The van der Waals surface area contributed by atoms with Gasteiger partial charge < -0.3 is 15.0 Å². The van der Waals surface area contributed by atoms with Gasteiger partial charge in [-0.05, 0) is 5.57 Å². The predicted octanol–water partition coefficient (Wildman–Crippen LogP) is 1.24. The lowest BCUT2D eigenvalue weighted by Crippen LogP contribution is -2.74. The Hall–Kier alpha value is -0.630. The summed E-state index contributed by atoms with van der Waals surface area (Å²) in [6.07, 6.45) is 0. The monoisotopic (exact) mass is 386 g/mol. The Balaban J connectivity index is 2.07. The molecule has 0 spiro atoms. The number of esters is 1. The van der Waals surface area contributed by atoms with E-state index in [0.29, 0.717) is 11.3 Å². The van der Waals surface area contributed by atoms with Gasteiger partial charge in [0.2, 0.25) is 15.6 Å². The molecule has 2 aliphatic rings. The number of nitrogens with zero attached hydrogens (tertiary/aromatic N) is 1. The van der Waals surface area contributed by atoms with Crippen molar-refractivity contribution >= 4 is 64.3 Å². The minimum absolute atomic E-state index is 0.307. The Bertz CT molecular complexity index is 537. The molecule has 1 unspecified atom stereocenters. The zero-order chi connectivity index (χ0) is 16.7. The van der Waals surface area contributed by atoms with Gasteiger partial charge >= 0.3 is 5.97 Å². The quantitative estimate of drug-likeness (QED) is 0.341. The molecule has 0 aliphatic carbocycles. The number of hydrogen-bond acceptors (Lipinski definition) is 5. The molecule has 0 bridgehead atoms. The second-order valence-electron chi connectivity index (χ2n) is 4.91. The lowest BCUT2D eigenvalue weighted by molar-refractivity contribution is -0.163. The maximum absolute atomic E-state index is 12.2. The molecule has 2 heterocycles. The first-order valence-corrected chi connectivity index (χ1v) is 8.42. The van der Waals surface area contributed by atoms with E-state index in [1.807, 2.05) is 0 Å². The van der Waals surface area contributed by atoms with Gasteiger partial charge in [0.05, 0.1) is 0 Å². The summed E-state index contributed by atoms with van der Waals surface area (Å²) in [5.74, 6) is -0.892. The van der Waals surface area contributed by atoms with Crippen molar-refractivity contribution in [2.24, 2.45) is 0 Å². The maximum atomic E-state index is 12.2. The van der Waals surface area contributed by atoms with Gasteiger partial charge in [0.1, 0.15) is 18.0 Å². The largest absolute Gasteiger partial charge is 0.459 e. The molecule has 10 heteroatoms. The third-order valence-corrected chi connectivity index (χ3v) is 4.85. The second-order valence-corrected chi connectivity index (χ2v) is 8.53. The van der Waals surface area contributed by atoms with E-state index in [9.17, 15) is 14.4 Å². The van der Waals surface area contributed by atoms with Crippen molar-refractivity contribution < 1.29 is 19.1 Å². The molecule has 0 aromatic heterocycles. The summed E-state index contributed by atoms with van der Waals surface area (Å²) in [6, 6.07) is -1.56. The van der Waals surface area contributed by atoms with Crippen LogP contribution < -0.4 is 5.32 Å². The summed E-state index contributed by atoms with van der Waals surface area (Å²) >= 11 is 18.0. The van der Waals surface area contributed by atoms with Crippen LogP contribution >= 0.6 is 46.6 Å². The van der Waals surface area contributed by atoms with Gasteiger partial charge in [0, 0.05) is 12.7 Å². The molecular weight excluding hydrogens is 375 g/mol. The predicted molar refractivity (Wildman–Crippen MR) is 84.9 cm³/mol. The number of β-lactam (4-membered cyclic amide) rings is 1. The van der Waals surface area contributed by atoms with Crippen molar-refractivity contribution in [1.29, 1.82) is 0 Å². The number of amides is 2. The number of carbonyl (C=O) groups excluding carboxylic acids is 3. The molecule has 0 aromatic carbocycles. The van der Waals surface area contributed by atoms with E-state index in [4.69, 9.17) is 39.5 Å². The lowest BCUT2D eigenvalue weighted by atomic mass is 9.98. The van der Waals surface area contributed by atoms with E-state index >= 15 is 0 Å². The first kappa shape index (κ1) is 17.7. The molecule has 1 N–H and O–H groups in total. The molecule has 0 saturated carbocycles. The minimum atomic E-state index is -1.72. The number of nitrogens with one attached hydrogen (secondary N) is 1. The summed E-state index contributed by atoms with van der Waals surface area (Å²) in [4.78, 5) is 36.8. The lowest BCUT2D eigenvalue weighted by Gasteiger charge is -2.52. The van der Waals surface area contributed by atoms with Gasteiger partial charge in [-0.25, -0.2) is 4.79 Å². The van der Waals surface area contributed by atoms with Crippen molar-refractivity contribution in [2.75, 3.05) is 12.4 Å². The van der Waals surface area contributed by atoms with E-state index in [2.05, 4.69) is 11.9 Å². The molecule has 2 amide bonds. The smallest absolute Gasteiger partial charge is 0.333 e. The molecule has 122 valence electrons. The Morgan fingerprint density at radius 1 is 1.50 bits per heavy atom. The highest BCUT2D eigenvalue weighted by Gasteiger charge is 2.56. The first-order valence-electron chi connectivity index (χ1n) is 6.24. The zero-order valence-corrected chi connectivity index (χ0v) is 14.6. The number of alkyl halides is 3. The van der Waals surface area contributed by atoms with Crippen LogP contribution in [0.4, 0.5) is 0 Å². The average molecular weight is 388 g/mol. The Morgan fingerprint density at radius 3 is 2.68 bits per heavy atom. The van der Waals surface area contributed by atoms with Crippen molar-refractivity contribution in [3.63, 3.8) is 0 Å². The third kappa shape index (κ3) is 3.64. The van der Waals surface area contributed by atoms with Gasteiger partial charge in [0.25, 0.3) is 0 Å². The summed E-state index contributed by atoms with van der Waals surface area (Å²) in [5, 5.41) is 2.24. The Kier molecular flexibility index (Phi) is 5.21. The molecule has 6 nitrogen and oxygen atoms in total. The maximum Gasteiger partial charge on any atom is 0.333 e. The Morgan fingerprint density at radius 2 is 2.14 bits per heavy atom. The van der Waals surface area contributed by atoms with Crippen LogP contribution in [0.25, 0.3) is 0 Å². The number of thioether (sulfide) groups is 1. The molecule has 2 saturated heterocycles. The molecule has 0 radical (unpaired) electrons. The van der Waals surface area contributed by atoms with Crippen LogP contribution in [0.3, 0.4) is 0 Å². The highest BCUT2D eigenvalue weighted by molar-refractivity contribution is 8.00. The van der Waals surface area contributed by atoms with Gasteiger partial charge in [-0.2, -0.15) is 0 Å². The van der Waals surface area contributed by atoms with Crippen molar-refractivity contribution in [1.82, 2.24) is 10.2 Å². The summed E-state index contributed by atoms with van der Waals surface area (Å²) in [5.41, 5.74) is 0.533. The highest BCUT2D eigenvalue weighted by atomic mass is 35.6. The first-order chi connectivity index (χ1) is 10.1. The van der Waals surface area contributed by atoms with Crippen LogP contribution in [-0.4, -0.2) is 56.3 Å². The number of fused-ring (bicyclic) bond motifs is 1. The van der Waals surface area contributed by atoms with Crippen molar-refractivity contribution in [2.45, 2.75) is 28.2 Å². The molecule has 2 rings (SSSR count). The number of hydrogen-bond donors (Lipinski definition) is 1. The van der Waals surface area contributed by atoms with Crippen LogP contribution in [0, 0.1) is 0 Å². The average Bonchev–Trinajstić information content (AvgIpc) is 2.41. The summed E-state index contributed by atoms with van der Waals surface area (Å²) in [7, 11) is 0. The van der Waals surface area contributed by atoms with Crippen molar-refractivity contribution in [3.8, 4) is 0 Å². The van der Waals surface area contributed by atoms with E-state index in [0.717, 1.165) is 0 Å². The fourth-order valence-corrected chi connectivity index (χ4v) is 3.74. The highest BCUT2D eigenvalue weighted by Crippen LogP contribution is 2.40. The van der Waals surface area contributed by atoms with E-state index in [1.165, 1.54) is 23.6 Å². The molecule has 3 atom stereocenters. The van der Waals surface area contributed by atoms with Crippen LogP contribution in [0.1, 0.15) is 6.92 Å². The third-order valence-electron chi connectivity index (χ3n) is 3.14. The number of carbonyl (C=O) groups is 3. The number of rotatable bonds is 3. The number of halogens is 3. The molecule has 22 heavy (non-hydrogen) atoms. The molecule has 2 aliphatic heterocycles. The second kappa shape index (κ2) is 6.47. The standard InChI is InChI=1S/C12H13Cl3N2O4S/c1-5-3-22-10-7(16-6(2)18)9(19)17(10)8(5)11(20)21-4-12(13,14)15/h7-8,10H,1,3-4H2,2H3,(H,16,18)/t7-,8?,10+/m1/s1. The molecule has 2 fully saturated rings. The Labute approximate surface area is 146 Å². The minimum Gasteiger partial charge on any atom is -0.459 e. The van der Waals surface area contributed by atoms with Crippen LogP contribution in [0.15, 0.2) is 12.2 Å².